The molecule has 6 heteroatoms. The molecule has 1 aromatic carbocycles. The van der Waals surface area contributed by atoms with Gasteiger partial charge in [-0.15, -0.1) is 0 Å². The highest BCUT2D eigenvalue weighted by Crippen LogP contribution is 2.49. The van der Waals surface area contributed by atoms with Crippen LogP contribution in [0.4, 0.5) is 0 Å². The fraction of sp³-hybridized carbons (Fsp3) is 0.500. The lowest BCUT2D eigenvalue weighted by molar-refractivity contribution is -0.152. The largest absolute Gasteiger partial charge is 0.492 e. The monoisotopic (exact) mass is 304 g/mol. The number of amides is 1. The Kier molecular flexibility index (Phi) is 3.18. The lowest BCUT2D eigenvalue weighted by Crippen LogP contribution is -2.52. The van der Waals surface area contributed by atoms with Crippen LogP contribution in [-0.4, -0.2) is 47.1 Å². The molecule has 22 heavy (non-hydrogen) atoms. The Morgan fingerprint density at radius 2 is 2.09 bits per heavy atom. The van der Waals surface area contributed by atoms with E-state index < -0.39 is 16.9 Å². The molecule has 0 aliphatic carbocycles. The SMILES string of the molecule is CC(C)(N)C(=O)N1C[C@@H]2c3ccccc3OC[C@]2(C(=O)O)C1. The van der Waals surface area contributed by atoms with Crippen molar-refractivity contribution in [3.05, 3.63) is 29.8 Å². The number of para-hydroxylation sites is 1. The summed E-state index contributed by atoms with van der Waals surface area (Å²) in [7, 11) is 0. The van der Waals surface area contributed by atoms with Crippen molar-refractivity contribution in [3.63, 3.8) is 0 Å². The van der Waals surface area contributed by atoms with Gasteiger partial charge in [0.1, 0.15) is 17.8 Å². The van der Waals surface area contributed by atoms with Crippen LogP contribution in [-0.2, 0) is 9.59 Å². The zero-order valence-electron chi connectivity index (χ0n) is 12.7. The Balaban J connectivity index is 2.02. The number of hydrogen-bond donors (Lipinski definition) is 2. The zero-order valence-corrected chi connectivity index (χ0v) is 12.7. The van der Waals surface area contributed by atoms with Gasteiger partial charge < -0.3 is 20.5 Å². The number of aliphatic carboxylic acids is 1. The molecule has 1 saturated heterocycles. The molecule has 3 rings (SSSR count). The van der Waals surface area contributed by atoms with Crippen LogP contribution in [0.15, 0.2) is 24.3 Å². The summed E-state index contributed by atoms with van der Waals surface area (Å²) in [4.78, 5) is 26.0. The summed E-state index contributed by atoms with van der Waals surface area (Å²) < 4.78 is 5.67. The van der Waals surface area contributed by atoms with Crippen LogP contribution in [0.25, 0.3) is 0 Å². The molecule has 1 aromatic rings. The van der Waals surface area contributed by atoms with E-state index in [9.17, 15) is 14.7 Å². The van der Waals surface area contributed by atoms with Gasteiger partial charge in [0.2, 0.25) is 5.91 Å². The average Bonchev–Trinajstić information content (AvgIpc) is 2.86. The maximum Gasteiger partial charge on any atom is 0.315 e. The lowest BCUT2D eigenvalue weighted by Gasteiger charge is -2.35. The summed E-state index contributed by atoms with van der Waals surface area (Å²) in [5, 5.41) is 9.78. The Morgan fingerprint density at radius 1 is 1.41 bits per heavy atom. The second kappa shape index (κ2) is 4.71. The molecule has 0 bridgehead atoms. The van der Waals surface area contributed by atoms with E-state index in [4.69, 9.17) is 10.5 Å². The second-order valence-corrected chi connectivity index (χ2v) is 6.75. The normalized spacial score (nSPS) is 26.9. The number of nitrogens with zero attached hydrogens (tertiary/aromatic N) is 1. The maximum absolute atomic E-state index is 12.5. The average molecular weight is 304 g/mol. The topological polar surface area (TPSA) is 92.9 Å². The highest BCUT2D eigenvalue weighted by molar-refractivity contribution is 5.88. The third-order valence-corrected chi connectivity index (χ3v) is 4.59. The van der Waals surface area contributed by atoms with E-state index in [0.29, 0.717) is 12.3 Å². The summed E-state index contributed by atoms with van der Waals surface area (Å²) >= 11 is 0. The zero-order chi connectivity index (χ0) is 16.1. The van der Waals surface area contributed by atoms with E-state index in [2.05, 4.69) is 0 Å². The molecule has 1 amide bonds. The third-order valence-electron chi connectivity index (χ3n) is 4.59. The first-order valence-electron chi connectivity index (χ1n) is 7.29. The standard InChI is InChI=1S/C16H20N2O4/c1-15(2,17)13(19)18-7-11-10-5-3-4-6-12(10)22-9-16(11,8-18)14(20)21/h3-6,11H,7-9,17H2,1-2H3,(H,20,21)/t11-,16-/m1/s1. The fourth-order valence-electron chi connectivity index (χ4n) is 3.40. The van der Waals surface area contributed by atoms with Crippen molar-refractivity contribution in [1.82, 2.24) is 4.90 Å². The Bertz CT molecular complexity index is 637. The van der Waals surface area contributed by atoms with Crippen molar-refractivity contribution in [3.8, 4) is 5.75 Å². The minimum atomic E-state index is -1.10. The van der Waals surface area contributed by atoms with Gasteiger partial charge in [-0.3, -0.25) is 9.59 Å². The van der Waals surface area contributed by atoms with E-state index in [0.717, 1.165) is 5.56 Å². The number of carboxylic acid groups (broad SMARTS) is 1. The number of rotatable bonds is 2. The van der Waals surface area contributed by atoms with Gasteiger partial charge >= 0.3 is 5.97 Å². The summed E-state index contributed by atoms with van der Waals surface area (Å²) in [6, 6.07) is 7.42. The highest BCUT2D eigenvalue weighted by Gasteiger charge is 2.58. The molecule has 2 heterocycles. The molecule has 118 valence electrons. The van der Waals surface area contributed by atoms with Gasteiger partial charge in [-0.25, -0.2) is 0 Å². The maximum atomic E-state index is 12.5. The number of nitrogens with two attached hydrogens (primary N) is 1. The Labute approximate surface area is 128 Å². The summed E-state index contributed by atoms with van der Waals surface area (Å²) in [6.07, 6.45) is 0. The van der Waals surface area contributed by atoms with Crippen LogP contribution in [0.3, 0.4) is 0 Å². The molecular formula is C16H20N2O4. The molecule has 1 fully saturated rings. The quantitative estimate of drug-likeness (QED) is 0.843. The molecule has 2 aliphatic rings. The van der Waals surface area contributed by atoms with Gasteiger partial charge in [-0.05, 0) is 19.9 Å². The highest BCUT2D eigenvalue weighted by atomic mass is 16.5. The molecular weight excluding hydrogens is 284 g/mol. The van der Waals surface area contributed by atoms with Gasteiger partial charge in [0.25, 0.3) is 0 Å². The van der Waals surface area contributed by atoms with Crippen molar-refractivity contribution in [1.29, 1.82) is 0 Å². The Morgan fingerprint density at radius 3 is 2.73 bits per heavy atom. The molecule has 0 spiro atoms. The Hall–Kier alpha value is -2.08. The van der Waals surface area contributed by atoms with Gasteiger partial charge in [-0.2, -0.15) is 0 Å². The van der Waals surface area contributed by atoms with Crippen LogP contribution >= 0.6 is 0 Å². The third kappa shape index (κ3) is 2.06. The van der Waals surface area contributed by atoms with Gasteiger partial charge in [0.15, 0.2) is 0 Å². The van der Waals surface area contributed by atoms with Crippen molar-refractivity contribution in [2.75, 3.05) is 19.7 Å². The van der Waals surface area contributed by atoms with Gasteiger partial charge in [0, 0.05) is 24.6 Å². The number of ether oxygens (including phenoxy) is 1. The molecule has 2 aliphatic heterocycles. The molecule has 0 radical (unpaired) electrons. The second-order valence-electron chi connectivity index (χ2n) is 6.75. The first-order valence-corrected chi connectivity index (χ1v) is 7.29. The summed E-state index contributed by atoms with van der Waals surface area (Å²) in [6.45, 7) is 3.82. The van der Waals surface area contributed by atoms with Crippen molar-refractivity contribution in [2.24, 2.45) is 11.1 Å². The van der Waals surface area contributed by atoms with Gasteiger partial charge in [0.05, 0.1) is 5.54 Å². The minimum Gasteiger partial charge on any atom is -0.492 e. The van der Waals surface area contributed by atoms with E-state index in [1.54, 1.807) is 18.7 Å². The van der Waals surface area contributed by atoms with E-state index >= 15 is 0 Å². The van der Waals surface area contributed by atoms with Crippen molar-refractivity contribution >= 4 is 11.9 Å². The fourth-order valence-corrected chi connectivity index (χ4v) is 3.40. The first-order chi connectivity index (χ1) is 10.3. The number of carboxylic acids is 1. The molecule has 0 aromatic heterocycles. The van der Waals surface area contributed by atoms with Crippen LogP contribution in [0, 0.1) is 5.41 Å². The molecule has 6 nitrogen and oxygen atoms in total. The van der Waals surface area contributed by atoms with Crippen molar-refractivity contribution in [2.45, 2.75) is 25.3 Å². The van der Waals surface area contributed by atoms with E-state index in [1.807, 2.05) is 24.3 Å². The van der Waals surface area contributed by atoms with E-state index in [1.165, 1.54) is 0 Å². The van der Waals surface area contributed by atoms with Crippen molar-refractivity contribution < 1.29 is 19.4 Å². The minimum absolute atomic E-state index is 0.0682. The predicted octanol–water partition coefficient (Wildman–Crippen LogP) is 0.813. The first kappa shape index (κ1) is 14.8. The molecule has 0 unspecified atom stereocenters. The summed E-state index contributed by atoms with van der Waals surface area (Å²) in [5.74, 6) is -0.746. The van der Waals surface area contributed by atoms with E-state index in [-0.39, 0.29) is 25.0 Å². The number of likely N-dealkylation sites (tertiary alicyclic amines) is 1. The summed E-state index contributed by atoms with van der Waals surface area (Å²) in [5.41, 5.74) is 4.62. The van der Waals surface area contributed by atoms with Crippen LogP contribution < -0.4 is 10.5 Å². The molecule has 3 N–H and O–H groups in total. The number of fused-ring (bicyclic) bond motifs is 3. The number of carbonyl (C=O) groups excluding carboxylic acids is 1. The van der Waals surface area contributed by atoms with Crippen LogP contribution in [0.2, 0.25) is 0 Å². The number of benzene rings is 1. The number of carbonyl (C=O) groups is 2. The molecule has 2 atom stereocenters. The lowest BCUT2D eigenvalue weighted by atomic mass is 9.73. The van der Waals surface area contributed by atoms with Gasteiger partial charge in [-0.1, -0.05) is 18.2 Å². The number of hydrogen-bond acceptors (Lipinski definition) is 4. The molecule has 0 saturated carbocycles. The van der Waals surface area contributed by atoms with Crippen LogP contribution in [0.5, 0.6) is 5.75 Å². The smallest absolute Gasteiger partial charge is 0.315 e. The van der Waals surface area contributed by atoms with Crippen LogP contribution in [0.1, 0.15) is 25.3 Å². The predicted molar refractivity (Wildman–Crippen MR) is 79.6 cm³/mol.